The molecule has 0 bridgehead atoms. The van der Waals surface area contributed by atoms with E-state index in [9.17, 15) is 0 Å². The van der Waals surface area contributed by atoms with E-state index >= 15 is 0 Å². The van der Waals surface area contributed by atoms with E-state index in [-0.39, 0.29) is 0 Å². The molecule has 15 heavy (non-hydrogen) atoms. The van der Waals surface area contributed by atoms with E-state index in [0.717, 1.165) is 56.1 Å². The minimum absolute atomic E-state index is 0.694. The number of rotatable bonds is 3. The van der Waals surface area contributed by atoms with Crippen LogP contribution >= 0.6 is 0 Å². The van der Waals surface area contributed by atoms with Crippen molar-refractivity contribution in [3.8, 4) is 0 Å². The van der Waals surface area contributed by atoms with Crippen LogP contribution in [0.25, 0.3) is 0 Å². The number of nitrogens with two attached hydrogens (primary N) is 1. The van der Waals surface area contributed by atoms with Gasteiger partial charge in [0.1, 0.15) is 0 Å². The molecule has 3 aliphatic rings. The normalized spacial score (nSPS) is 43.1. The standard InChI is InChI=1S/C9H20N2O3Si/c10-2-1-9-15-11(3-6-12-15,4-7-13-15)5-8-14-15/h1-10H2. The average Bonchev–Trinajstić information content (AvgIpc) is 2.73. The molecule has 3 heterocycles. The van der Waals surface area contributed by atoms with Crippen molar-refractivity contribution in [2.45, 2.75) is 12.5 Å². The molecule has 0 aromatic carbocycles. The van der Waals surface area contributed by atoms with Gasteiger partial charge in [-0.2, -0.15) is 0 Å². The van der Waals surface area contributed by atoms with Crippen LogP contribution in [0.15, 0.2) is 0 Å². The number of quaternary nitrogens is 1. The Hall–Kier alpha value is 0.0169. The van der Waals surface area contributed by atoms with Crippen molar-refractivity contribution < 1.29 is 17.4 Å². The predicted molar refractivity (Wildman–Crippen MR) is 56.9 cm³/mol. The van der Waals surface area contributed by atoms with Crippen molar-refractivity contribution >= 4 is 8.24 Å². The second kappa shape index (κ2) is 3.03. The summed E-state index contributed by atoms with van der Waals surface area (Å²) in [5.74, 6) is 0. The molecule has 0 radical (unpaired) electrons. The maximum atomic E-state index is 6.09. The van der Waals surface area contributed by atoms with Crippen LogP contribution in [0.1, 0.15) is 6.42 Å². The van der Waals surface area contributed by atoms with E-state index in [1.807, 2.05) is 0 Å². The van der Waals surface area contributed by atoms with Gasteiger partial charge in [0, 0.05) is 0 Å². The molecule has 3 fully saturated rings. The summed E-state index contributed by atoms with van der Waals surface area (Å²) < 4.78 is 19.3. The molecule has 0 atom stereocenters. The first-order valence-electron chi connectivity index (χ1n) is 5.91. The molecule has 0 saturated carbocycles. The molecule has 0 aromatic heterocycles. The summed E-state index contributed by atoms with van der Waals surface area (Å²) in [5, 5.41) is 0. The van der Waals surface area contributed by atoms with Gasteiger partial charge in [0.15, 0.2) is 0 Å². The first-order chi connectivity index (χ1) is 7.26. The molecule has 0 aromatic rings. The van der Waals surface area contributed by atoms with Gasteiger partial charge in [-0.15, -0.1) is 0 Å². The van der Waals surface area contributed by atoms with Crippen LogP contribution in [0.5, 0.6) is 0 Å². The SMILES string of the molecule is NCCC[Si-]123OCC[N+]1(CCO2)CCO3. The number of nitrogens with zero attached hydrogens (tertiary/aromatic N) is 1. The van der Waals surface area contributed by atoms with Gasteiger partial charge in [-0.05, 0) is 0 Å². The van der Waals surface area contributed by atoms with E-state index in [2.05, 4.69) is 0 Å². The van der Waals surface area contributed by atoms with Gasteiger partial charge in [-0.3, -0.25) is 0 Å². The summed E-state index contributed by atoms with van der Waals surface area (Å²) in [6, 6.07) is 0.913. The zero-order valence-electron chi connectivity index (χ0n) is 9.11. The van der Waals surface area contributed by atoms with Gasteiger partial charge >= 0.3 is 89.9 Å². The van der Waals surface area contributed by atoms with Crippen LogP contribution in [0, 0.1) is 0 Å². The molecule has 5 nitrogen and oxygen atoms in total. The Morgan fingerprint density at radius 2 is 1.53 bits per heavy atom. The monoisotopic (exact) mass is 232 g/mol. The Morgan fingerprint density at radius 3 is 2.00 bits per heavy atom. The Labute approximate surface area is 90.5 Å². The fourth-order valence-electron chi connectivity index (χ4n) is 3.64. The molecule has 0 unspecified atom stereocenters. The molecule has 0 spiro atoms. The van der Waals surface area contributed by atoms with Crippen LogP contribution in [-0.4, -0.2) is 58.4 Å². The predicted octanol–water partition coefficient (Wildman–Crippen LogP) is -0.368. The zero-order valence-corrected chi connectivity index (χ0v) is 10.1. The average molecular weight is 232 g/mol. The first-order valence-corrected chi connectivity index (χ1v) is 8.29. The third-order valence-corrected chi connectivity index (χ3v) is 10.4. The Kier molecular flexibility index (Phi) is 2.06. The van der Waals surface area contributed by atoms with Gasteiger partial charge in [0.25, 0.3) is 0 Å². The van der Waals surface area contributed by atoms with E-state index in [0.29, 0.717) is 6.54 Å². The molecule has 0 amide bonds. The van der Waals surface area contributed by atoms with E-state index in [4.69, 9.17) is 19.0 Å². The van der Waals surface area contributed by atoms with E-state index in [1.165, 1.54) is 0 Å². The summed E-state index contributed by atoms with van der Waals surface area (Å²) in [7, 11) is -3.06. The minimum atomic E-state index is -3.06. The van der Waals surface area contributed by atoms with Gasteiger partial charge in [-0.1, -0.05) is 0 Å². The summed E-state index contributed by atoms with van der Waals surface area (Å²) in [5.41, 5.74) is 5.61. The second-order valence-electron chi connectivity index (χ2n) is 4.87. The van der Waals surface area contributed by atoms with Crippen LogP contribution < -0.4 is 5.73 Å². The molecule has 3 rings (SSSR count). The molecule has 3 saturated heterocycles. The fourth-order valence-corrected chi connectivity index (χ4v) is 9.46. The second-order valence-corrected chi connectivity index (χ2v) is 9.41. The fraction of sp³-hybridized carbons (Fsp3) is 1.00. The third kappa shape index (κ3) is 0.999. The number of hydrogen-bond acceptors (Lipinski definition) is 4. The van der Waals surface area contributed by atoms with Crippen LogP contribution in [0.3, 0.4) is 0 Å². The first kappa shape index (κ1) is 10.2. The van der Waals surface area contributed by atoms with Crippen molar-refractivity contribution in [2.24, 2.45) is 5.73 Å². The third-order valence-electron chi connectivity index (χ3n) is 4.43. The van der Waals surface area contributed by atoms with Gasteiger partial charge in [0.05, 0.1) is 0 Å². The molecule has 2 N–H and O–H groups in total. The van der Waals surface area contributed by atoms with Gasteiger partial charge < -0.3 is 0 Å². The molecule has 3 aliphatic heterocycles. The molecule has 88 valence electrons. The molecular weight excluding hydrogens is 212 g/mol. The molecule has 6 heteroatoms. The quantitative estimate of drug-likeness (QED) is 0.675. The summed E-state index contributed by atoms with van der Waals surface area (Å²) in [6.07, 6.45) is 0.952. The van der Waals surface area contributed by atoms with Crippen molar-refractivity contribution in [3.63, 3.8) is 0 Å². The summed E-state index contributed by atoms with van der Waals surface area (Å²) in [6.45, 7) is 6.35. The van der Waals surface area contributed by atoms with Crippen molar-refractivity contribution in [1.29, 1.82) is 0 Å². The van der Waals surface area contributed by atoms with Gasteiger partial charge in [0.2, 0.25) is 0 Å². The van der Waals surface area contributed by atoms with Crippen molar-refractivity contribution in [3.05, 3.63) is 0 Å². The van der Waals surface area contributed by atoms with Crippen LogP contribution in [0.2, 0.25) is 6.04 Å². The Balaban J connectivity index is 1.98. The van der Waals surface area contributed by atoms with E-state index in [1.54, 1.807) is 0 Å². The van der Waals surface area contributed by atoms with Crippen molar-refractivity contribution in [2.75, 3.05) is 46.0 Å². The maximum absolute atomic E-state index is 6.09. The topological polar surface area (TPSA) is 53.7 Å². The Bertz CT molecular complexity index is 254. The molecule has 0 aliphatic carbocycles. The summed E-state index contributed by atoms with van der Waals surface area (Å²) in [4.78, 5) is 0. The molecular formula is C9H20N2O3Si. The number of hydrogen-bond donors (Lipinski definition) is 1. The Morgan fingerprint density at radius 1 is 1.00 bits per heavy atom. The van der Waals surface area contributed by atoms with Crippen LogP contribution in [-0.2, 0) is 13.3 Å². The zero-order chi connectivity index (χ0) is 10.4. The van der Waals surface area contributed by atoms with Crippen molar-refractivity contribution in [1.82, 2.24) is 0 Å². The van der Waals surface area contributed by atoms with E-state index < -0.39 is 8.24 Å². The van der Waals surface area contributed by atoms with Crippen LogP contribution in [0.4, 0.5) is 0 Å². The van der Waals surface area contributed by atoms with Gasteiger partial charge in [-0.25, -0.2) is 0 Å². The summed E-state index contributed by atoms with van der Waals surface area (Å²) >= 11 is 0.